The number of carbonyl (C=O) groups excluding carboxylic acids is 2. The zero-order valence-electron chi connectivity index (χ0n) is 19.0. The highest BCUT2D eigenvalue weighted by molar-refractivity contribution is 7.22. The highest BCUT2D eigenvalue weighted by Gasteiger charge is 2.36. The van der Waals surface area contributed by atoms with Gasteiger partial charge in [0.2, 0.25) is 11.8 Å². The van der Waals surface area contributed by atoms with Crippen molar-refractivity contribution >= 4 is 45.0 Å². The van der Waals surface area contributed by atoms with Gasteiger partial charge in [-0.15, -0.1) is 0 Å². The number of carboxylic acid groups (broad SMARTS) is 1. The Morgan fingerprint density at radius 2 is 2.00 bits per heavy atom. The van der Waals surface area contributed by atoms with Gasteiger partial charge in [-0.1, -0.05) is 23.5 Å². The first-order valence-corrected chi connectivity index (χ1v) is 12.2. The number of hydrogen-bond donors (Lipinski definition) is 2. The summed E-state index contributed by atoms with van der Waals surface area (Å²) in [5, 5.41) is 10.5. The number of amides is 2. The van der Waals surface area contributed by atoms with E-state index in [4.69, 9.17) is 14.9 Å². The van der Waals surface area contributed by atoms with E-state index in [0.29, 0.717) is 24.6 Å². The number of thiazole rings is 1. The number of fused-ring (bicyclic) bond motifs is 2. The summed E-state index contributed by atoms with van der Waals surface area (Å²) >= 11 is 1.49. The molecule has 2 amide bonds. The lowest BCUT2D eigenvalue weighted by Gasteiger charge is -2.17. The number of carbonyl (C=O) groups is 3. The van der Waals surface area contributed by atoms with Crippen molar-refractivity contribution in [3.8, 4) is 0 Å². The van der Waals surface area contributed by atoms with Crippen LogP contribution in [0, 0.1) is 12.8 Å². The van der Waals surface area contributed by atoms with Crippen molar-refractivity contribution in [1.29, 1.82) is 0 Å². The SMILES string of the molecule is Cc1nc(CCNC(=O)C2CC(=O)N(c3nc4ccccc4s3)C2)nc2c1CCCC2.O=CO. The smallest absolute Gasteiger partial charge is 0.290 e. The predicted octanol–water partition coefficient (Wildman–Crippen LogP) is 2.69. The minimum atomic E-state index is -0.356. The summed E-state index contributed by atoms with van der Waals surface area (Å²) in [7, 11) is 0. The number of nitrogens with zero attached hydrogens (tertiary/aromatic N) is 4. The predicted molar refractivity (Wildman–Crippen MR) is 129 cm³/mol. The fourth-order valence-corrected chi connectivity index (χ4v) is 5.43. The van der Waals surface area contributed by atoms with Crippen molar-refractivity contribution in [1.82, 2.24) is 20.3 Å². The minimum absolute atomic E-state index is 0.0483. The van der Waals surface area contributed by atoms with Gasteiger partial charge in [0.25, 0.3) is 6.47 Å². The van der Waals surface area contributed by atoms with E-state index < -0.39 is 0 Å². The van der Waals surface area contributed by atoms with Crippen molar-refractivity contribution in [2.24, 2.45) is 5.92 Å². The van der Waals surface area contributed by atoms with Crippen molar-refractivity contribution in [2.45, 2.75) is 45.4 Å². The third-order valence-corrected chi connectivity index (χ3v) is 7.15. The van der Waals surface area contributed by atoms with E-state index in [1.807, 2.05) is 24.3 Å². The van der Waals surface area contributed by atoms with Crippen LogP contribution in [-0.2, 0) is 33.6 Å². The largest absolute Gasteiger partial charge is 0.483 e. The van der Waals surface area contributed by atoms with E-state index in [-0.39, 0.29) is 30.6 Å². The molecule has 1 aromatic carbocycles. The summed E-state index contributed by atoms with van der Waals surface area (Å²) in [6, 6.07) is 7.82. The Labute approximate surface area is 201 Å². The van der Waals surface area contributed by atoms with Crippen LogP contribution in [0.5, 0.6) is 0 Å². The monoisotopic (exact) mass is 481 g/mol. The number of aryl methyl sites for hydroxylation is 2. The summed E-state index contributed by atoms with van der Waals surface area (Å²) in [5.74, 6) is 0.294. The fourth-order valence-electron chi connectivity index (χ4n) is 4.44. The lowest BCUT2D eigenvalue weighted by atomic mass is 9.95. The van der Waals surface area contributed by atoms with Crippen molar-refractivity contribution < 1.29 is 19.5 Å². The van der Waals surface area contributed by atoms with Gasteiger partial charge in [0.05, 0.1) is 16.1 Å². The van der Waals surface area contributed by atoms with Crippen molar-refractivity contribution in [2.75, 3.05) is 18.0 Å². The van der Waals surface area contributed by atoms with E-state index >= 15 is 0 Å². The van der Waals surface area contributed by atoms with Crippen LogP contribution in [-0.4, -0.2) is 51.4 Å². The van der Waals surface area contributed by atoms with E-state index in [0.717, 1.165) is 34.6 Å². The number of benzene rings is 1. The van der Waals surface area contributed by atoms with E-state index in [1.54, 1.807) is 4.90 Å². The summed E-state index contributed by atoms with van der Waals surface area (Å²) in [4.78, 5) is 49.1. The Hall–Kier alpha value is -3.40. The first-order chi connectivity index (χ1) is 16.5. The average molecular weight is 482 g/mol. The molecule has 5 rings (SSSR count). The van der Waals surface area contributed by atoms with Gasteiger partial charge in [-0.2, -0.15) is 0 Å². The zero-order chi connectivity index (χ0) is 24.1. The molecule has 1 atom stereocenters. The molecule has 1 unspecified atom stereocenters. The minimum Gasteiger partial charge on any atom is -0.483 e. The summed E-state index contributed by atoms with van der Waals surface area (Å²) < 4.78 is 1.04. The molecule has 1 aliphatic carbocycles. The lowest BCUT2D eigenvalue weighted by molar-refractivity contribution is -0.126. The quantitative estimate of drug-likeness (QED) is 0.537. The second-order valence-electron chi connectivity index (χ2n) is 8.37. The highest BCUT2D eigenvalue weighted by Crippen LogP contribution is 2.32. The molecule has 178 valence electrons. The molecular formula is C24H27N5O4S. The molecule has 0 radical (unpaired) electrons. The molecule has 0 saturated carbocycles. The molecule has 0 bridgehead atoms. The number of para-hydroxylation sites is 1. The van der Waals surface area contributed by atoms with Crippen LogP contribution in [0.2, 0.25) is 0 Å². The summed E-state index contributed by atoms with van der Waals surface area (Å²) in [6.07, 6.45) is 5.29. The third kappa shape index (κ3) is 5.22. The first kappa shape index (κ1) is 23.7. The van der Waals surface area contributed by atoms with Gasteiger partial charge in [-0.25, -0.2) is 15.0 Å². The van der Waals surface area contributed by atoms with Crippen molar-refractivity contribution in [3.05, 3.63) is 47.0 Å². The number of nitrogens with one attached hydrogen (secondary N) is 1. The molecule has 1 saturated heterocycles. The zero-order valence-corrected chi connectivity index (χ0v) is 19.8. The standard InChI is InChI=1S/C23H25N5O2S.CH2O2/c1-14-16-6-2-3-7-17(16)26-20(25-14)10-11-24-22(30)15-12-21(29)28(13-15)23-27-18-8-4-5-9-19(18)31-23;2-1-3/h4-5,8-9,15H,2-3,6-7,10-13H2,1H3,(H,24,30);1H,(H,2,3). The molecule has 2 aliphatic rings. The summed E-state index contributed by atoms with van der Waals surface area (Å²) in [5.41, 5.74) is 4.42. The van der Waals surface area contributed by atoms with Gasteiger partial charge in [-0.3, -0.25) is 19.3 Å². The third-order valence-electron chi connectivity index (χ3n) is 6.09. The molecule has 10 heteroatoms. The van der Waals surface area contributed by atoms with Crippen LogP contribution in [0.3, 0.4) is 0 Å². The second kappa shape index (κ2) is 10.7. The van der Waals surface area contributed by atoms with E-state index in [9.17, 15) is 9.59 Å². The van der Waals surface area contributed by atoms with Gasteiger partial charge in [0.1, 0.15) is 5.82 Å². The summed E-state index contributed by atoms with van der Waals surface area (Å²) in [6.45, 7) is 2.65. The maximum Gasteiger partial charge on any atom is 0.290 e. The van der Waals surface area contributed by atoms with E-state index in [1.165, 1.54) is 35.4 Å². The molecular weight excluding hydrogens is 454 g/mol. The first-order valence-electron chi connectivity index (χ1n) is 11.4. The van der Waals surface area contributed by atoms with Gasteiger partial charge < -0.3 is 10.4 Å². The van der Waals surface area contributed by atoms with Gasteiger partial charge in [0, 0.05) is 37.3 Å². The lowest BCUT2D eigenvalue weighted by Crippen LogP contribution is -2.34. The van der Waals surface area contributed by atoms with Crippen LogP contribution < -0.4 is 10.2 Å². The van der Waals surface area contributed by atoms with Crippen LogP contribution in [0.4, 0.5) is 5.13 Å². The number of aromatic nitrogens is 3. The Balaban J connectivity index is 0.000000868. The van der Waals surface area contributed by atoms with Gasteiger partial charge in [-0.05, 0) is 50.3 Å². The Morgan fingerprint density at radius 1 is 1.24 bits per heavy atom. The molecule has 34 heavy (non-hydrogen) atoms. The molecule has 1 fully saturated rings. The Bertz CT molecular complexity index is 1180. The molecule has 3 heterocycles. The number of rotatable bonds is 5. The van der Waals surface area contributed by atoms with Gasteiger partial charge >= 0.3 is 0 Å². The van der Waals surface area contributed by atoms with Crippen LogP contribution >= 0.6 is 11.3 Å². The Kier molecular flexibility index (Phi) is 7.46. The fraction of sp³-hybridized carbons (Fsp3) is 0.417. The maximum absolute atomic E-state index is 12.7. The van der Waals surface area contributed by atoms with Crippen LogP contribution in [0.25, 0.3) is 10.2 Å². The topological polar surface area (TPSA) is 125 Å². The van der Waals surface area contributed by atoms with Crippen molar-refractivity contribution in [3.63, 3.8) is 0 Å². The van der Waals surface area contributed by atoms with Crippen LogP contribution in [0.1, 0.15) is 42.0 Å². The maximum atomic E-state index is 12.7. The molecule has 0 spiro atoms. The average Bonchev–Trinajstić information content (AvgIpc) is 3.43. The number of hydrogen-bond acceptors (Lipinski definition) is 7. The number of anilines is 1. The Morgan fingerprint density at radius 3 is 2.79 bits per heavy atom. The molecule has 2 aromatic heterocycles. The molecule has 1 aliphatic heterocycles. The highest BCUT2D eigenvalue weighted by atomic mass is 32.1. The van der Waals surface area contributed by atoms with Crippen LogP contribution in [0.15, 0.2) is 24.3 Å². The molecule has 9 nitrogen and oxygen atoms in total. The second-order valence-corrected chi connectivity index (χ2v) is 9.38. The normalized spacial score (nSPS) is 17.1. The van der Waals surface area contributed by atoms with E-state index in [2.05, 4.69) is 22.2 Å². The van der Waals surface area contributed by atoms with Gasteiger partial charge in [0.15, 0.2) is 5.13 Å². The molecule has 3 aromatic rings. The molecule has 2 N–H and O–H groups in total.